The minimum absolute atomic E-state index is 0.0385. The Hall–Kier alpha value is -9.54. The highest BCUT2D eigenvalue weighted by Crippen LogP contribution is 2.33. The van der Waals surface area contributed by atoms with Crippen molar-refractivity contribution in [2.24, 2.45) is 5.73 Å². The van der Waals surface area contributed by atoms with Gasteiger partial charge in [0.15, 0.2) is 0 Å². The molecule has 0 unspecified atom stereocenters. The lowest BCUT2D eigenvalue weighted by Gasteiger charge is -2.34. The monoisotopic (exact) mass is 979 g/mol. The number of piperazine rings is 2. The molecule has 2 fully saturated rings. The number of carbonyl (C=O) groups excluding carboxylic acids is 8. The molecule has 0 atom stereocenters. The first-order chi connectivity index (χ1) is 34.7. The molecule has 2 aliphatic rings. The molecule has 72 heavy (non-hydrogen) atoms. The highest BCUT2D eigenvalue weighted by Gasteiger charge is 2.33. The van der Waals surface area contributed by atoms with Gasteiger partial charge in [0.1, 0.15) is 11.6 Å². The van der Waals surface area contributed by atoms with Crippen LogP contribution in [0, 0.1) is 11.6 Å². The molecule has 2 aliphatic heterocycles. The molecule has 364 valence electrons. The summed E-state index contributed by atoms with van der Waals surface area (Å²) in [7, 11) is 0. The zero-order valence-electron chi connectivity index (χ0n) is 37.9. The maximum atomic E-state index is 14.8. The van der Waals surface area contributed by atoms with E-state index in [2.05, 4.69) is 30.2 Å². The van der Waals surface area contributed by atoms with E-state index in [1.807, 2.05) is 12.1 Å². The smallest absolute Gasteiger partial charge is 0.316 e. The van der Waals surface area contributed by atoms with Crippen LogP contribution in [0.5, 0.6) is 0 Å². The minimum Gasteiger partial charge on any atom is -0.361 e. The highest BCUT2D eigenvalue weighted by molar-refractivity contribution is 6.45. The molecule has 0 aliphatic carbocycles. The van der Waals surface area contributed by atoms with Crippen LogP contribution in [0.2, 0.25) is 0 Å². The maximum Gasteiger partial charge on any atom is 0.316 e. The van der Waals surface area contributed by atoms with Crippen molar-refractivity contribution < 1.29 is 56.2 Å². The van der Waals surface area contributed by atoms with Crippen molar-refractivity contribution in [2.75, 3.05) is 52.4 Å². The number of benzene rings is 4. The number of rotatable bonds is 10. The van der Waals surface area contributed by atoms with Crippen molar-refractivity contribution in [1.82, 2.24) is 49.8 Å². The van der Waals surface area contributed by atoms with Gasteiger partial charge in [-0.05, 0) is 48.5 Å². The number of hydrogen-bond acceptors (Lipinski definition) is 14. The molecule has 4 aromatic heterocycles. The van der Waals surface area contributed by atoms with Gasteiger partial charge in [-0.15, -0.1) is 0 Å². The normalized spacial score (nSPS) is 13.7. The van der Waals surface area contributed by atoms with Crippen LogP contribution in [0.4, 0.5) is 8.78 Å². The number of aromatic nitrogens is 6. The summed E-state index contributed by atoms with van der Waals surface area (Å²) in [5, 5.41) is 7.22. The standard InChI is InChI=1S/C25H20FN5O5.C24H19FN6O5/c1-14(32)23-28-22(29-36-23)16-7-8-18(26)19-17(13-27-20(16)19)21(33)25(35)31-11-9-30(10-12-31)24(34)15-5-3-2-4-6-15;25-16-7-6-14(21-28-22(20(26)33)36-29-21)18-17(16)15(12-27-18)19(32)24(35)31-10-8-30(9-11-31)23(34)13-4-2-1-3-5-13/h2-8,13,27H,9-12H2,1H3;1-7,12,27H,8-11H2,(H2,26,33). The summed E-state index contributed by atoms with van der Waals surface area (Å²) in [5.41, 5.74) is 6.85. The molecule has 5 amide bonds. The van der Waals surface area contributed by atoms with Crippen molar-refractivity contribution in [3.8, 4) is 22.8 Å². The van der Waals surface area contributed by atoms with Gasteiger partial charge in [0.2, 0.25) is 17.4 Å². The van der Waals surface area contributed by atoms with Gasteiger partial charge in [0.25, 0.3) is 41.1 Å². The summed E-state index contributed by atoms with van der Waals surface area (Å²) in [6.07, 6.45) is 2.50. The Labute approximate surface area is 404 Å². The van der Waals surface area contributed by atoms with Crippen LogP contribution in [-0.2, 0) is 9.59 Å². The Kier molecular flexibility index (Phi) is 13.1. The van der Waals surface area contributed by atoms with E-state index in [1.165, 1.54) is 41.2 Å². The number of halogens is 2. The molecule has 4 N–H and O–H groups in total. The van der Waals surface area contributed by atoms with Gasteiger partial charge in [-0.25, -0.2) is 8.78 Å². The van der Waals surface area contributed by atoms with Gasteiger partial charge in [0.05, 0.1) is 22.2 Å². The van der Waals surface area contributed by atoms with Crippen LogP contribution >= 0.6 is 0 Å². The number of primary amides is 1. The third kappa shape index (κ3) is 9.20. The zero-order chi connectivity index (χ0) is 50.8. The van der Waals surface area contributed by atoms with E-state index in [9.17, 15) is 47.1 Å². The number of nitrogens with two attached hydrogens (primary N) is 1. The van der Waals surface area contributed by atoms with Crippen molar-refractivity contribution >= 4 is 68.7 Å². The Balaban J connectivity index is 0.000000178. The SMILES string of the molecule is CC(=O)c1nc(-c2ccc(F)c3c(C(=O)C(=O)N4CCN(C(=O)c5ccccc5)CC4)c[nH]c23)no1.NC(=O)c1nc(-c2ccc(F)c3c(C(=O)C(=O)N4CCN(C(=O)c5ccccc5)CC4)c[nH]c23)no1. The topological polar surface area (TPSA) is 285 Å². The summed E-state index contributed by atoms with van der Waals surface area (Å²) < 4.78 is 39.3. The molecular formula is C49H39F2N11O10. The van der Waals surface area contributed by atoms with Crippen LogP contribution < -0.4 is 5.73 Å². The lowest BCUT2D eigenvalue weighted by atomic mass is 10.0. The molecular weight excluding hydrogens is 941 g/mol. The summed E-state index contributed by atoms with van der Waals surface area (Å²) in [5.74, 6) is -7.08. The second-order valence-electron chi connectivity index (χ2n) is 16.4. The first kappa shape index (κ1) is 47.5. The number of carbonyl (C=O) groups is 8. The average Bonchev–Trinajstić information content (AvgIpc) is 4.26. The van der Waals surface area contributed by atoms with Gasteiger partial charge >= 0.3 is 11.8 Å². The van der Waals surface area contributed by atoms with Crippen molar-refractivity contribution in [3.63, 3.8) is 0 Å². The number of ketones is 3. The predicted molar refractivity (Wildman–Crippen MR) is 248 cm³/mol. The Morgan fingerprint density at radius 1 is 0.528 bits per heavy atom. The number of aromatic amines is 2. The number of H-pyrrole nitrogens is 2. The Bertz CT molecular complexity index is 3230. The summed E-state index contributed by atoms with van der Waals surface area (Å²) >= 11 is 0. The quantitative estimate of drug-likeness (QED) is 0.127. The van der Waals surface area contributed by atoms with Gasteiger partial charge in [0, 0.05) is 105 Å². The molecule has 8 aromatic rings. The number of amides is 5. The molecule has 10 rings (SSSR count). The first-order valence-corrected chi connectivity index (χ1v) is 22.1. The van der Waals surface area contributed by atoms with Gasteiger partial charge in [-0.1, -0.05) is 46.7 Å². The first-order valence-electron chi connectivity index (χ1n) is 22.1. The maximum absolute atomic E-state index is 14.8. The van der Waals surface area contributed by atoms with E-state index in [0.717, 1.165) is 12.1 Å². The molecule has 21 nitrogen and oxygen atoms in total. The fourth-order valence-electron chi connectivity index (χ4n) is 8.32. The van der Waals surface area contributed by atoms with Crippen molar-refractivity contribution in [2.45, 2.75) is 6.92 Å². The van der Waals surface area contributed by atoms with E-state index in [4.69, 9.17) is 14.8 Å². The molecule has 0 radical (unpaired) electrons. The second-order valence-corrected chi connectivity index (χ2v) is 16.4. The Morgan fingerprint density at radius 3 is 1.26 bits per heavy atom. The van der Waals surface area contributed by atoms with Gasteiger partial charge in [-0.3, -0.25) is 38.4 Å². The van der Waals surface area contributed by atoms with E-state index in [1.54, 1.807) is 58.3 Å². The predicted octanol–water partition coefficient (Wildman–Crippen LogP) is 4.35. The van der Waals surface area contributed by atoms with Crippen molar-refractivity contribution in [3.05, 3.63) is 143 Å². The minimum atomic E-state index is -0.925. The average molecular weight is 980 g/mol. The number of nitrogens with zero attached hydrogens (tertiary/aromatic N) is 8. The largest absolute Gasteiger partial charge is 0.361 e. The van der Waals surface area contributed by atoms with Crippen LogP contribution in [0.1, 0.15) is 69.7 Å². The van der Waals surface area contributed by atoms with E-state index >= 15 is 0 Å². The van der Waals surface area contributed by atoms with Gasteiger partial charge < -0.3 is 44.3 Å². The molecule has 2 saturated heterocycles. The van der Waals surface area contributed by atoms with Crippen LogP contribution in [-0.4, -0.2) is 149 Å². The highest BCUT2D eigenvalue weighted by atomic mass is 19.1. The van der Waals surface area contributed by atoms with E-state index in [0.29, 0.717) is 16.7 Å². The van der Waals surface area contributed by atoms with Crippen LogP contribution in [0.3, 0.4) is 0 Å². The lowest BCUT2D eigenvalue weighted by molar-refractivity contribution is -0.128. The second kappa shape index (κ2) is 19.8. The fourth-order valence-corrected chi connectivity index (χ4v) is 8.32. The molecule has 0 bridgehead atoms. The Morgan fingerprint density at radius 2 is 0.903 bits per heavy atom. The zero-order valence-corrected chi connectivity index (χ0v) is 37.9. The summed E-state index contributed by atoms with van der Waals surface area (Å²) in [4.78, 5) is 120. The summed E-state index contributed by atoms with van der Waals surface area (Å²) in [6.45, 7) is 3.02. The lowest BCUT2D eigenvalue weighted by Crippen LogP contribution is -2.52. The van der Waals surface area contributed by atoms with E-state index in [-0.39, 0.29) is 120 Å². The third-order valence-corrected chi connectivity index (χ3v) is 12.0. The third-order valence-electron chi connectivity index (χ3n) is 12.0. The van der Waals surface area contributed by atoms with Crippen LogP contribution in [0.15, 0.2) is 106 Å². The number of Topliss-reactive ketones (excluding diaryl/α,β-unsaturated/α-hetero) is 3. The fraction of sp³-hybridized carbons (Fsp3) is 0.184. The number of nitrogens with one attached hydrogen (secondary N) is 2. The van der Waals surface area contributed by atoms with Gasteiger partial charge in [-0.2, -0.15) is 9.97 Å². The molecule has 4 aromatic carbocycles. The molecule has 6 heterocycles. The van der Waals surface area contributed by atoms with Crippen LogP contribution in [0.25, 0.3) is 44.6 Å². The summed E-state index contributed by atoms with van der Waals surface area (Å²) in [6, 6.07) is 22.6. The van der Waals surface area contributed by atoms with E-state index < -0.39 is 52.6 Å². The molecule has 0 saturated carbocycles. The molecule has 0 spiro atoms. The number of fused-ring (bicyclic) bond motifs is 2. The van der Waals surface area contributed by atoms with Crippen molar-refractivity contribution in [1.29, 1.82) is 0 Å². The molecule has 23 heteroatoms. The number of hydrogen-bond donors (Lipinski definition) is 3.